The molecule has 6 nitrogen and oxygen atoms in total. The summed E-state index contributed by atoms with van der Waals surface area (Å²) in [5, 5.41) is 21.5. The summed E-state index contributed by atoms with van der Waals surface area (Å²) in [6, 6.07) is -0.902. The number of nitrogens with zero attached hydrogens (tertiary/aromatic N) is 1. The highest BCUT2D eigenvalue weighted by atomic mass is 16.4. The van der Waals surface area contributed by atoms with E-state index >= 15 is 0 Å². The zero-order valence-electron chi connectivity index (χ0n) is 9.64. The Morgan fingerprint density at radius 3 is 2.53 bits per heavy atom. The van der Waals surface area contributed by atoms with E-state index in [4.69, 9.17) is 5.11 Å². The number of carboxylic acids is 1. The van der Waals surface area contributed by atoms with E-state index in [-0.39, 0.29) is 18.9 Å². The summed E-state index contributed by atoms with van der Waals surface area (Å²) in [4.78, 5) is 24.4. The highest BCUT2D eigenvalue weighted by Gasteiger charge is 2.39. The van der Waals surface area contributed by atoms with Crippen LogP contribution in [0.3, 0.4) is 0 Å². The van der Waals surface area contributed by atoms with Crippen molar-refractivity contribution in [3.8, 4) is 0 Å². The van der Waals surface area contributed by atoms with Crippen LogP contribution in [0.25, 0.3) is 0 Å². The van der Waals surface area contributed by atoms with Crippen molar-refractivity contribution in [2.45, 2.75) is 25.5 Å². The Kier molecular flexibility index (Phi) is 3.17. The summed E-state index contributed by atoms with van der Waals surface area (Å²) in [5.74, 6) is -1.33. The third-order valence-corrected chi connectivity index (χ3v) is 3.35. The van der Waals surface area contributed by atoms with Gasteiger partial charge >= 0.3 is 5.97 Å². The molecule has 0 aliphatic carbocycles. The fourth-order valence-corrected chi connectivity index (χ4v) is 2.15. The van der Waals surface area contributed by atoms with Gasteiger partial charge in [0.25, 0.3) is 0 Å². The fraction of sp³-hybridized carbons (Fsp3) is 0.636. The number of aliphatic carboxylic acids is 1. The predicted octanol–water partition coefficient (Wildman–Crippen LogP) is -1.05. The number of rotatable bonds is 2. The molecule has 3 N–H and O–H groups in total. The average Bonchev–Trinajstić information content (AvgIpc) is 2.56. The lowest BCUT2D eigenvalue weighted by Crippen LogP contribution is -2.43. The number of aliphatic hydroxyl groups excluding tert-OH is 1. The molecule has 2 rings (SSSR count). The Morgan fingerprint density at radius 2 is 2.06 bits per heavy atom. The lowest BCUT2D eigenvalue weighted by Gasteiger charge is -2.26. The van der Waals surface area contributed by atoms with Gasteiger partial charge in [0.2, 0.25) is 5.91 Å². The van der Waals surface area contributed by atoms with Crippen molar-refractivity contribution in [3.05, 3.63) is 11.1 Å². The van der Waals surface area contributed by atoms with Gasteiger partial charge in [-0.3, -0.25) is 4.79 Å². The van der Waals surface area contributed by atoms with E-state index in [9.17, 15) is 14.7 Å². The maximum absolute atomic E-state index is 12.1. The molecule has 1 unspecified atom stereocenters. The molecule has 2 atom stereocenters. The van der Waals surface area contributed by atoms with E-state index in [1.165, 1.54) is 4.90 Å². The number of hydrogen-bond acceptors (Lipinski definition) is 4. The van der Waals surface area contributed by atoms with E-state index in [1.807, 2.05) is 0 Å². The van der Waals surface area contributed by atoms with Crippen molar-refractivity contribution >= 4 is 11.9 Å². The first-order chi connectivity index (χ1) is 8.00. The normalized spacial score (nSPS) is 27.9. The number of hydrogen-bond donors (Lipinski definition) is 3. The van der Waals surface area contributed by atoms with Crippen LogP contribution >= 0.6 is 0 Å². The van der Waals surface area contributed by atoms with Crippen molar-refractivity contribution in [2.24, 2.45) is 0 Å². The van der Waals surface area contributed by atoms with Gasteiger partial charge < -0.3 is 20.4 Å². The van der Waals surface area contributed by atoms with Crippen LogP contribution in [0.1, 0.15) is 13.3 Å². The molecular formula is C11H16N2O4. The highest BCUT2D eigenvalue weighted by molar-refractivity contribution is 5.96. The quantitative estimate of drug-likeness (QED) is 0.536. The highest BCUT2D eigenvalue weighted by Crippen LogP contribution is 2.22. The maximum atomic E-state index is 12.1. The summed E-state index contributed by atoms with van der Waals surface area (Å²) in [6.07, 6.45) is -0.626. The number of carbonyl (C=O) groups is 2. The minimum atomic E-state index is -1.06. The molecule has 2 heterocycles. The summed E-state index contributed by atoms with van der Waals surface area (Å²) >= 11 is 0. The maximum Gasteiger partial charge on any atom is 0.326 e. The molecule has 0 saturated carbocycles. The minimum Gasteiger partial charge on any atom is -0.480 e. The van der Waals surface area contributed by atoms with Gasteiger partial charge in [0.05, 0.1) is 6.10 Å². The molecule has 0 aromatic heterocycles. The molecule has 2 aliphatic heterocycles. The SMILES string of the molecule is CC(C(=O)N1CC(O)C[C@H]1C(=O)O)=C1CNC1. The topological polar surface area (TPSA) is 89.9 Å². The van der Waals surface area contributed by atoms with Crippen LogP contribution in [-0.4, -0.2) is 58.8 Å². The number of likely N-dealkylation sites (tertiary alicyclic amines) is 1. The lowest BCUT2D eigenvalue weighted by atomic mass is 10.0. The van der Waals surface area contributed by atoms with Crippen LogP contribution < -0.4 is 5.32 Å². The van der Waals surface area contributed by atoms with Crippen LogP contribution in [0.4, 0.5) is 0 Å². The zero-order chi connectivity index (χ0) is 12.6. The number of β-amino-alcohol motifs (C(OH)–C–C–N with tert-alkyl or cyclic N) is 1. The summed E-state index contributed by atoms with van der Waals surface area (Å²) in [7, 11) is 0. The first kappa shape index (κ1) is 12.1. The van der Waals surface area contributed by atoms with Crippen LogP contribution in [0.2, 0.25) is 0 Å². The standard InChI is InChI=1S/C11H16N2O4/c1-6(7-3-12-4-7)10(15)13-5-8(14)2-9(13)11(16)17/h8-9,12,14H,2-5H2,1H3,(H,16,17)/t8?,9-/m0/s1. The van der Waals surface area contributed by atoms with Gasteiger partial charge in [0.1, 0.15) is 6.04 Å². The molecule has 2 aliphatic rings. The van der Waals surface area contributed by atoms with E-state index in [1.54, 1.807) is 6.92 Å². The Morgan fingerprint density at radius 1 is 1.41 bits per heavy atom. The smallest absolute Gasteiger partial charge is 0.326 e. The second-order valence-corrected chi connectivity index (χ2v) is 4.53. The molecule has 6 heteroatoms. The van der Waals surface area contributed by atoms with Crippen molar-refractivity contribution in [3.63, 3.8) is 0 Å². The number of aliphatic hydroxyl groups is 1. The van der Waals surface area contributed by atoms with Crippen molar-refractivity contribution in [2.75, 3.05) is 19.6 Å². The van der Waals surface area contributed by atoms with Crippen LogP contribution in [0, 0.1) is 0 Å². The number of amides is 1. The average molecular weight is 240 g/mol. The molecule has 94 valence electrons. The fourth-order valence-electron chi connectivity index (χ4n) is 2.15. The molecule has 17 heavy (non-hydrogen) atoms. The zero-order valence-corrected chi connectivity index (χ0v) is 9.64. The Bertz CT molecular complexity index is 385. The van der Waals surface area contributed by atoms with Gasteiger partial charge in [0.15, 0.2) is 0 Å². The molecule has 1 amide bonds. The monoisotopic (exact) mass is 240 g/mol. The summed E-state index contributed by atoms with van der Waals surface area (Å²) in [5.41, 5.74) is 1.62. The van der Waals surface area contributed by atoms with Crippen LogP contribution in [0.5, 0.6) is 0 Å². The Labute approximate surface area is 98.9 Å². The molecule has 0 aromatic carbocycles. The van der Waals surface area contributed by atoms with Crippen molar-refractivity contribution in [1.29, 1.82) is 0 Å². The molecule has 2 fully saturated rings. The van der Waals surface area contributed by atoms with Crippen molar-refractivity contribution < 1.29 is 19.8 Å². The van der Waals surface area contributed by atoms with Gasteiger partial charge in [-0.2, -0.15) is 0 Å². The molecular weight excluding hydrogens is 224 g/mol. The third kappa shape index (κ3) is 2.18. The van der Waals surface area contributed by atoms with Crippen LogP contribution in [-0.2, 0) is 9.59 Å². The second kappa shape index (κ2) is 4.46. The third-order valence-electron chi connectivity index (χ3n) is 3.35. The van der Waals surface area contributed by atoms with Gasteiger partial charge in [-0.05, 0) is 12.5 Å². The molecule has 0 aromatic rings. The largest absolute Gasteiger partial charge is 0.480 e. The van der Waals surface area contributed by atoms with Gasteiger partial charge in [-0.15, -0.1) is 0 Å². The van der Waals surface area contributed by atoms with E-state index in [0.29, 0.717) is 18.7 Å². The number of nitrogens with one attached hydrogen (secondary N) is 1. The van der Waals surface area contributed by atoms with Crippen LogP contribution in [0.15, 0.2) is 11.1 Å². The lowest BCUT2D eigenvalue weighted by molar-refractivity contribution is -0.146. The number of carboxylic acid groups (broad SMARTS) is 1. The number of carbonyl (C=O) groups excluding carboxylic acids is 1. The first-order valence-electron chi connectivity index (χ1n) is 5.62. The molecule has 0 radical (unpaired) electrons. The minimum absolute atomic E-state index is 0.105. The van der Waals surface area contributed by atoms with Crippen molar-refractivity contribution in [1.82, 2.24) is 10.2 Å². The Hall–Kier alpha value is -1.40. The molecule has 0 spiro atoms. The second-order valence-electron chi connectivity index (χ2n) is 4.53. The van der Waals surface area contributed by atoms with E-state index < -0.39 is 18.1 Å². The summed E-state index contributed by atoms with van der Waals surface area (Å²) in [6.45, 7) is 3.19. The van der Waals surface area contributed by atoms with Gasteiger partial charge in [-0.1, -0.05) is 0 Å². The van der Waals surface area contributed by atoms with Gasteiger partial charge in [-0.25, -0.2) is 4.79 Å². The van der Waals surface area contributed by atoms with Gasteiger partial charge in [0, 0.05) is 31.6 Å². The predicted molar refractivity (Wildman–Crippen MR) is 59.3 cm³/mol. The van der Waals surface area contributed by atoms with E-state index in [2.05, 4.69) is 5.32 Å². The summed E-state index contributed by atoms with van der Waals surface area (Å²) < 4.78 is 0. The molecule has 0 bridgehead atoms. The first-order valence-corrected chi connectivity index (χ1v) is 5.62. The molecule has 2 saturated heterocycles. The van der Waals surface area contributed by atoms with E-state index in [0.717, 1.165) is 5.57 Å². The Balaban J connectivity index is 2.15.